The molecule has 0 saturated heterocycles. The topological polar surface area (TPSA) is 44.5 Å². The van der Waals surface area contributed by atoms with E-state index in [9.17, 15) is 0 Å². The predicted octanol–water partition coefficient (Wildman–Crippen LogP) is 3.66. The molecule has 2 rings (SSSR count). The van der Waals surface area contributed by atoms with E-state index in [4.69, 9.17) is 25.5 Å². The molecule has 0 saturated carbocycles. The monoisotopic (exact) mass is 267 g/mol. The van der Waals surface area contributed by atoms with E-state index in [0.29, 0.717) is 17.4 Å². The maximum Gasteiger partial charge on any atom is 0.212 e. The second-order valence-electron chi connectivity index (χ2n) is 3.74. The summed E-state index contributed by atoms with van der Waals surface area (Å²) in [6.45, 7) is 1.81. The van der Waals surface area contributed by atoms with E-state index in [1.165, 1.54) is 0 Å². The zero-order chi connectivity index (χ0) is 13.1. The van der Waals surface area contributed by atoms with Crippen molar-refractivity contribution in [1.29, 1.82) is 0 Å². The van der Waals surface area contributed by atoms with Crippen molar-refractivity contribution in [2.75, 3.05) is 14.2 Å². The Morgan fingerprint density at radius 1 is 1.28 bits per heavy atom. The molecule has 1 heterocycles. The quantitative estimate of drug-likeness (QED) is 0.793. The van der Waals surface area contributed by atoms with Crippen molar-refractivity contribution in [3.63, 3.8) is 0 Å². The summed E-state index contributed by atoms with van der Waals surface area (Å²) < 4.78 is 16.0. The summed E-state index contributed by atoms with van der Waals surface area (Å²) in [5.74, 6) is 2.50. The number of rotatable bonds is 4. The fourth-order valence-electron chi connectivity index (χ4n) is 1.60. The molecule has 1 unspecified atom stereocenters. The van der Waals surface area contributed by atoms with E-state index >= 15 is 0 Å². The molecule has 0 aliphatic carbocycles. The Morgan fingerprint density at radius 3 is 2.61 bits per heavy atom. The second kappa shape index (κ2) is 5.31. The summed E-state index contributed by atoms with van der Waals surface area (Å²) in [6, 6.07) is 5.49. The molecule has 1 atom stereocenters. The first-order valence-electron chi connectivity index (χ1n) is 5.48. The van der Waals surface area contributed by atoms with Crippen LogP contribution in [0.5, 0.6) is 11.5 Å². The minimum Gasteiger partial charge on any atom is -0.497 e. The van der Waals surface area contributed by atoms with Crippen LogP contribution >= 0.6 is 11.6 Å². The molecule has 4 nitrogen and oxygen atoms in total. The molecule has 0 aliphatic heterocycles. The summed E-state index contributed by atoms with van der Waals surface area (Å²) in [5.41, 5.74) is 0.814. The molecular formula is C13H14ClNO3. The van der Waals surface area contributed by atoms with Crippen LogP contribution in [0, 0.1) is 0 Å². The van der Waals surface area contributed by atoms with Gasteiger partial charge in [-0.05, 0) is 19.1 Å². The van der Waals surface area contributed by atoms with Crippen LogP contribution in [0.2, 0.25) is 0 Å². The smallest absolute Gasteiger partial charge is 0.212 e. The van der Waals surface area contributed by atoms with Gasteiger partial charge in [-0.2, -0.15) is 0 Å². The van der Waals surface area contributed by atoms with Gasteiger partial charge >= 0.3 is 0 Å². The van der Waals surface area contributed by atoms with Crippen molar-refractivity contribution >= 4 is 11.6 Å². The van der Waals surface area contributed by atoms with Crippen LogP contribution in [-0.4, -0.2) is 19.2 Å². The Morgan fingerprint density at radius 2 is 2.06 bits per heavy atom. The van der Waals surface area contributed by atoms with Gasteiger partial charge in [-0.1, -0.05) is 0 Å². The van der Waals surface area contributed by atoms with Crippen LogP contribution in [0.3, 0.4) is 0 Å². The number of hydrogen-bond acceptors (Lipinski definition) is 4. The van der Waals surface area contributed by atoms with Crippen molar-refractivity contribution in [1.82, 2.24) is 4.98 Å². The Balaban J connectivity index is 2.42. The van der Waals surface area contributed by atoms with E-state index in [-0.39, 0.29) is 5.38 Å². The lowest BCUT2D eigenvalue weighted by atomic mass is 10.1. The predicted molar refractivity (Wildman–Crippen MR) is 69.3 cm³/mol. The van der Waals surface area contributed by atoms with Gasteiger partial charge in [0, 0.05) is 6.07 Å². The SMILES string of the molecule is COc1ccc(-c2cnc(C(C)Cl)o2)c(OC)c1. The molecule has 0 amide bonds. The lowest BCUT2D eigenvalue weighted by molar-refractivity contribution is 0.394. The third-order valence-corrected chi connectivity index (χ3v) is 2.72. The maximum absolute atomic E-state index is 5.92. The summed E-state index contributed by atoms with van der Waals surface area (Å²) in [5, 5.41) is -0.261. The van der Waals surface area contributed by atoms with Crippen molar-refractivity contribution in [2.45, 2.75) is 12.3 Å². The molecule has 1 aromatic heterocycles. The van der Waals surface area contributed by atoms with Gasteiger partial charge in [0.25, 0.3) is 0 Å². The molecule has 96 valence electrons. The molecule has 5 heteroatoms. The van der Waals surface area contributed by atoms with Crippen LogP contribution in [0.1, 0.15) is 18.2 Å². The van der Waals surface area contributed by atoms with Crippen molar-refractivity contribution in [2.24, 2.45) is 0 Å². The van der Waals surface area contributed by atoms with E-state index in [2.05, 4.69) is 4.98 Å². The Bertz CT molecular complexity index is 537. The highest BCUT2D eigenvalue weighted by atomic mass is 35.5. The molecule has 0 spiro atoms. The molecule has 0 radical (unpaired) electrons. The van der Waals surface area contributed by atoms with E-state index in [1.54, 1.807) is 26.5 Å². The summed E-state index contributed by atoms with van der Waals surface area (Å²) >= 11 is 5.92. The first-order valence-corrected chi connectivity index (χ1v) is 5.91. The molecule has 0 N–H and O–H groups in total. The fraction of sp³-hybridized carbons (Fsp3) is 0.308. The summed E-state index contributed by atoms with van der Waals surface area (Å²) in [4.78, 5) is 4.12. The minimum atomic E-state index is -0.261. The Labute approximate surface area is 110 Å². The molecule has 0 aliphatic rings. The molecule has 18 heavy (non-hydrogen) atoms. The summed E-state index contributed by atoms with van der Waals surface area (Å²) in [6.07, 6.45) is 1.64. The lowest BCUT2D eigenvalue weighted by Crippen LogP contribution is -1.89. The van der Waals surface area contributed by atoms with Gasteiger partial charge < -0.3 is 13.9 Å². The van der Waals surface area contributed by atoms with Gasteiger partial charge in [0.2, 0.25) is 5.89 Å². The van der Waals surface area contributed by atoms with Crippen LogP contribution in [0.4, 0.5) is 0 Å². The highest BCUT2D eigenvalue weighted by molar-refractivity contribution is 6.20. The van der Waals surface area contributed by atoms with Gasteiger partial charge in [0.15, 0.2) is 5.76 Å². The number of alkyl halides is 1. The van der Waals surface area contributed by atoms with E-state index in [0.717, 1.165) is 11.3 Å². The molecular weight excluding hydrogens is 254 g/mol. The number of hydrogen-bond donors (Lipinski definition) is 0. The van der Waals surface area contributed by atoms with E-state index in [1.807, 2.05) is 19.1 Å². The largest absolute Gasteiger partial charge is 0.497 e. The maximum atomic E-state index is 5.92. The second-order valence-corrected chi connectivity index (χ2v) is 4.40. The number of oxazole rings is 1. The Hall–Kier alpha value is -1.68. The number of methoxy groups -OCH3 is 2. The highest BCUT2D eigenvalue weighted by Gasteiger charge is 2.14. The third kappa shape index (κ3) is 2.43. The number of ether oxygens (including phenoxy) is 2. The van der Waals surface area contributed by atoms with Gasteiger partial charge in [0.1, 0.15) is 16.9 Å². The molecule has 0 fully saturated rings. The molecule has 1 aromatic carbocycles. The van der Waals surface area contributed by atoms with E-state index < -0.39 is 0 Å². The molecule has 0 bridgehead atoms. The zero-order valence-electron chi connectivity index (χ0n) is 10.4. The standard InChI is InChI=1S/C13H14ClNO3/c1-8(14)13-15-7-12(18-13)10-5-4-9(16-2)6-11(10)17-3/h4-8H,1-3H3. The average Bonchev–Trinajstić information content (AvgIpc) is 2.87. The average molecular weight is 268 g/mol. The summed E-state index contributed by atoms with van der Waals surface area (Å²) in [7, 11) is 3.20. The van der Waals surface area contributed by atoms with Crippen molar-refractivity contribution < 1.29 is 13.9 Å². The normalized spacial score (nSPS) is 12.2. The lowest BCUT2D eigenvalue weighted by Gasteiger charge is -2.08. The number of benzene rings is 1. The van der Waals surface area contributed by atoms with Crippen molar-refractivity contribution in [3.8, 4) is 22.8 Å². The van der Waals surface area contributed by atoms with Gasteiger partial charge in [-0.3, -0.25) is 0 Å². The first kappa shape index (κ1) is 12.8. The number of halogens is 1. The van der Waals surface area contributed by atoms with Crippen LogP contribution in [0.15, 0.2) is 28.8 Å². The minimum absolute atomic E-state index is 0.261. The zero-order valence-corrected chi connectivity index (χ0v) is 11.2. The first-order chi connectivity index (χ1) is 8.65. The van der Waals surface area contributed by atoms with Crippen LogP contribution < -0.4 is 9.47 Å². The van der Waals surface area contributed by atoms with Gasteiger partial charge in [0.05, 0.1) is 26.0 Å². The van der Waals surface area contributed by atoms with Gasteiger partial charge in [-0.15, -0.1) is 11.6 Å². The number of aromatic nitrogens is 1. The van der Waals surface area contributed by atoms with Gasteiger partial charge in [-0.25, -0.2) is 4.98 Å². The Kier molecular flexibility index (Phi) is 3.77. The van der Waals surface area contributed by atoms with Crippen molar-refractivity contribution in [3.05, 3.63) is 30.3 Å². The van der Waals surface area contributed by atoms with Crippen LogP contribution in [-0.2, 0) is 0 Å². The van der Waals surface area contributed by atoms with Crippen LogP contribution in [0.25, 0.3) is 11.3 Å². The number of nitrogens with zero attached hydrogens (tertiary/aromatic N) is 1. The molecule has 2 aromatic rings. The highest BCUT2D eigenvalue weighted by Crippen LogP contribution is 2.34. The fourth-order valence-corrected chi connectivity index (χ4v) is 1.70. The third-order valence-electron chi connectivity index (χ3n) is 2.54.